The molecule has 0 saturated heterocycles. The van der Waals surface area contributed by atoms with Crippen LogP contribution in [0.4, 0.5) is 0 Å². The van der Waals surface area contributed by atoms with Gasteiger partial charge in [-0.25, -0.2) is 4.98 Å². The number of pyridine rings is 2. The number of amides is 1. The van der Waals surface area contributed by atoms with Gasteiger partial charge >= 0.3 is 0 Å². The maximum absolute atomic E-state index is 13.4. The summed E-state index contributed by atoms with van der Waals surface area (Å²) in [5.41, 5.74) is 1.27. The summed E-state index contributed by atoms with van der Waals surface area (Å²) >= 11 is 1.48. The molecule has 2 N–H and O–H groups in total. The van der Waals surface area contributed by atoms with Crippen molar-refractivity contribution >= 4 is 17.2 Å². The van der Waals surface area contributed by atoms with Crippen molar-refractivity contribution in [1.29, 1.82) is 0 Å². The van der Waals surface area contributed by atoms with Crippen LogP contribution >= 0.6 is 11.3 Å². The number of rotatable bonds is 8. The van der Waals surface area contributed by atoms with E-state index in [1.807, 2.05) is 60.7 Å². The zero-order chi connectivity index (χ0) is 24.8. The summed E-state index contributed by atoms with van der Waals surface area (Å²) < 4.78 is 0. The van der Waals surface area contributed by atoms with Gasteiger partial charge in [-0.3, -0.25) is 14.8 Å². The Hall–Kier alpha value is -4.20. The lowest BCUT2D eigenvalue weighted by Crippen LogP contribution is -2.45. The van der Waals surface area contributed by atoms with Gasteiger partial charge in [-0.15, -0.1) is 11.3 Å². The second kappa shape index (κ2) is 10.6. The van der Waals surface area contributed by atoms with Crippen LogP contribution in [0.5, 0.6) is 0 Å². The standard InChI is InChI=1S/C29H24N4O2S/c34-26(17-25-20-32-28(36-25)22-11-5-2-6-12-22)33-27(21-9-3-1-4-10-21)29(35,23-13-7-15-30-18-23)24-14-8-16-31-19-24/h1-16,18-20,27,35H,17H2,(H,33,34). The minimum atomic E-state index is -1.61. The maximum atomic E-state index is 13.4. The second-order valence-electron chi connectivity index (χ2n) is 8.34. The third-order valence-corrected chi connectivity index (χ3v) is 7.01. The number of hydrogen-bond donors (Lipinski definition) is 2. The number of carbonyl (C=O) groups excluding carboxylic acids is 1. The van der Waals surface area contributed by atoms with Gasteiger partial charge in [-0.05, 0) is 17.7 Å². The highest BCUT2D eigenvalue weighted by molar-refractivity contribution is 7.15. The van der Waals surface area contributed by atoms with Gasteiger partial charge in [0, 0.05) is 52.6 Å². The number of aliphatic hydroxyl groups is 1. The van der Waals surface area contributed by atoms with Crippen molar-refractivity contribution in [2.45, 2.75) is 18.1 Å². The van der Waals surface area contributed by atoms with E-state index in [1.165, 1.54) is 11.3 Å². The number of aromatic nitrogens is 3. The van der Waals surface area contributed by atoms with Gasteiger partial charge in [0.1, 0.15) is 10.6 Å². The van der Waals surface area contributed by atoms with Gasteiger partial charge in [-0.2, -0.15) is 0 Å². The number of nitrogens with zero attached hydrogens (tertiary/aromatic N) is 3. The molecule has 0 aliphatic rings. The Morgan fingerprint density at radius 1 is 0.833 bits per heavy atom. The molecule has 0 radical (unpaired) electrons. The van der Waals surface area contributed by atoms with E-state index in [0.717, 1.165) is 21.0 Å². The number of benzene rings is 2. The summed E-state index contributed by atoms with van der Waals surface area (Å²) in [6.07, 6.45) is 8.41. The first-order chi connectivity index (χ1) is 17.6. The molecule has 178 valence electrons. The molecular weight excluding hydrogens is 468 g/mol. The van der Waals surface area contributed by atoms with Crippen LogP contribution in [-0.4, -0.2) is 26.0 Å². The van der Waals surface area contributed by atoms with Crippen molar-refractivity contribution < 1.29 is 9.90 Å². The molecule has 6 nitrogen and oxygen atoms in total. The van der Waals surface area contributed by atoms with Gasteiger partial charge in [0.05, 0.1) is 12.5 Å². The van der Waals surface area contributed by atoms with Gasteiger partial charge in [0.2, 0.25) is 5.91 Å². The summed E-state index contributed by atoms with van der Waals surface area (Å²) in [5, 5.41) is 16.3. The molecule has 5 rings (SSSR count). The predicted molar refractivity (Wildman–Crippen MR) is 140 cm³/mol. The Bertz CT molecular complexity index is 1370. The van der Waals surface area contributed by atoms with Gasteiger partial charge in [0.25, 0.3) is 0 Å². The molecule has 1 atom stereocenters. The molecule has 36 heavy (non-hydrogen) atoms. The molecule has 0 saturated carbocycles. The van der Waals surface area contributed by atoms with E-state index in [2.05, 4.69) is 20.3 Å². The van der Waals surface area contributed by atoms with Crippen molar-refractivity contribution in [1.82, 2.24) is 20.3 Å². The SMILES string of the molecule is O=C(Cc1cnc(-c2ccccc2)s1)NC(c1ccccc1)C(O)(c1cccnc1)c1cccnc1. The fraction of sp³-hybridized carbons (Fsp3) is 0.103. The van der Waals surface area contributed by atoms with Crippen LogP contribution in [0.25, 0.3) is 10.6 Å². The molecule has 0 aliphatic carbocycles. The minimum absolute atomic E-state index is 0.143. The third kappa shape index (κ3) is 4.93. The third-order valence-electron chi connectivity index (χ3n) is 5.97. The normalized spacial score (nSPS) is 12.1. The Morgan fingerprint density at radius 3 is 2.03 bits per heavy atom. The Labute approximate surface area is 213 Å². The molecule has 0 spiro atoms. The lowest BCUT2D eigenvalue weighted by atomic mass is 9.78. The van der Waals surface area contributed by atoms with Crippen molar-refractivity contribution in [3.05, 3.63) is 137 Å². The Kier molecular flexibility index (Phi) is 6.93. The molecule has 7 heteroatoms. The summed E-state index contributed by atoms with van der Waals surface area (Å²) in [7, 11) is 0. The first-order valence-electron chi connectivity index (χ1n) is 11.5. The van der Waals surface area contributed by atoms with Crippen LogP contribution in [0.2, 0.25) is 0 Å². The van der Waals surface area contributed by atoms with Crippen LogP contribution < -0.4 is 5.32 Å². The molecule has 0 bridgehead atoms. The Morgan fingerprint density at radius 2 is 1.44 bits per heavy atom. The monoisotopic (exact) mass is 492 g/mol. The van der Waals surface area contributed by atoms with Crippen LogP contribution in [0, 0.1) is 0 Å². The molecule has 1 amide bonds. The summed E-state index contributed by atoms with van der Waals surface area (Å²) in [4.78, 5) is 27.2. The summed E-state index contributed by atoms with van der Waals surface area (Å²) in [5.74, 6) is -0.224. The molecular formula is C29H24N4O2S. The first-order valence-corrected chi connectivity index (χ1v) is 12.3. The molecule has 2 aromatic carbocycles. The zero-order valence-corrected chi connectivity index (χ0v) is 20.2. The maximum Gasteiger partial charge on any atom is 0.225 e. The average Bonchev–Trinajstić information content (AvgIpc) is 3.41. The smallest absolute Gasteiger partial charge is 0.225 e. The van der Waals surface area contributed by atoms with Crippen LogP contribution in [0.15, 0.2) is 116 Å². The topological polar surface area (TPSA) is 88.0 Å². The van der Waals surface area contributed by atoms with E-state index in [0.29, 0.717) is 11.1 Å². The molecule has 1 unspecified atom stereocenters. The molecule has 3 heterocycles. The quantitative estimate of drug-likeness (QED) is 0.321. The predicted octanol–water partition coefficient (Wildman–Crippen LogP) is 4.94. The van der Waals surface area contributed by atoms with E-state index >= 15 is 0 Å². The zero-order valence-electron chi connectivity index (χ0n) is 19.4. The lowest BCUT2D eigenvalue weighted by molar-refractivity contribution is -0.123. The van der Waals surface area contributed by atoms with Crippen LogP contribution in [0.1, 0.15) is 27.6 Å². The summed E-state index contributed by atoms with van der Waals surface area (Å²) in [6, 6.07) is 25.7. The van der Waals surface area contributed by atoms with E-state index < -0.39 is 11.6 Å². The number of hydrogen-bond acceptors (Lipinski definition) is 6. The van der Waals surface area contributed by atoms with E-state index in [1.54, 1.807) is 55.2 Å². The van der Waals surface area contributed by atoms with Gasteiger partial charge < -0.3 is 10.4 Å². The molecule has 5 aromatic rings. The fourth-order valence-corrected chi connectivity index (χ4v) is 5.14. The second-order valence-corrected chi connectivity index (χ2v) is 9.45. The molecule has 0 aliphatic heterocycles. The number of thiazole rings is 1. The molecule has 3 aromatic heterocycles. The largest absolute Gasteiger partial charge is 0.378 e. The van der Waals surface area contributed by atoms with Gasteiger partial charge in [0.15, 0.2) is 0 Å². The van der Waals surface area contributed by atoms with E-state index in [-0.39, 0.29) is 12.3 Å². The summed E-state index contributed by atoms with van der Waals surface area (Å²) in [6.45, 7) is 0. The molecule has 0 fully saturated rings. The number of nitrogens with one attached hydrogen (secondary N) is 1. The first kappa shape index (κ1) is 23.5. The fourth-order valence-electron chi connectivity index (χ4n) is 4.22. The van der Waals surface area contributed by atoms with Crippen molar-refractivity contribution in [2.75, 3.05) is 0 Å². The van der Waals surface area contributed by atoms with Crippen LogP contribution in [-0.2, 0) is 16.8 Å². The van der Waals surface area contributed by atoms with Crippen molar-refractivity contribution in [3.8, 4) is 10.6 Å². The van der Waals surface area contributed by atoms with E-state index in [4.69, 9.17) is 0 Å². The highest BCUT2D eigenvalue weighted by Gasteiger charge is 2.42. The number of carbonyl (C=O) groups is 1. The Balaban J connectivity index is 1.49. The average molecular weight is 493 g/mol. The van der Waals surface area contributed by atoms with Crippen molar-refractivity contribution in [2.24, 2.45) is 0 Å². The van der Waals surface area contributed by atoms with Crippen molar-refractivity contribution in [3.63, 3.8) is 0 Å². The highest BCUT2D eigenvalue weighted by atomic mass is 32.1. The van der Waals surface area contributed by atoms with Crippen LogP contribution in [0.3, 0.4) is 0 Å². The van der Waals surface area contributed by atoms with E-state index in [9.17, 15) is 9.90 Å². The van der Waals surface area contributed by atoms with Gasteiger partial charge in [-0.1, -0.05) is 72.8 Å². The highest BCUT2D eigenvalue weighted by Crippen LogP contribution is 2.40. The lowest BCUT2D eigenvalue weighted by Gasteiger charge is -2.37. The minimum Gasteiger partial charge on any atom is -0.378 e.